The molecule has 0 aliphatic heterocycles. The molecule has 3 aromatic rings. The maximum atomic E-state index is 9.05. The fraction of sp³-hybridized carbons (Fsp3) is 0.100. The second kappa shape index (κ2) is 3.02. The molecule has 0 aliphatic carbocycles. The fourth-order valence-corrected chi connectivity index (χ4v) is 3.23. The van der Waals surface area contributed by atoms with Crippen molar-refractivity contribution in [3.8, 4) is 0 Å². The number of hydrogen-bond donors (Lipinski definition) is 1. The molecule has 0 atom stereocenters. The molecular weight excluding hydrogens is 214 g/mol. The van der Waals surface area contributed by atoms with Gasteiger partial charge in [0.15, 0.2) is 0 Å². The number of nitrogens with zero attached hydrogens (tertiary/aromatic N) is 1. The van der Waals surface area contributed by atoms with Crippen LogP contribution in [-0.2, 0) is 6.61 Å². The highest BCUT2D eigenvalue weighted by Gasteiger charge is 2.06. The monoisotopic (exact) mass is 221 g/mol. The van der Waals surface area contributed by atoms with Crippen LogP contribution in [0.2, 0.25) is 0 Å². The van der Waals surface area contributed by atoms with E-state index in [2.05, 4.69) is 17.1 Å². The Bertz CT molecular complexity index is 596. The van der Waals surface area contributed by atoms with Gasteiger partial charge in [-0.15, -0.1) is 22.7 Å². The van der Waals surface area contributed by atoms with Crippen LogP contribution in [0.5, 0.6) is 0 Å². The van der Waals surface area contributed by atoms with Crippen molar-refractivity contribution < 1.29 is 5.11 Å². The first-order chi connectivity index (χ1) is 6.88. The van der Waals surface area contributed by atoms with E-state index in [-0.39, 0.29) is 6.61 Å². The van der Waals surface area contributed by atoms with Crippen molar-refractivity contribution in [3.05, 3.63) is 28.6 Å². The molecule has 3 heterocycles. The van der Waals surface area contributed by atoms with Crippen molar-refractivity contribution in [2.24, 2.45) is 0 Å². The van der Waals surface area contributed by atoms with Crippen LogP contribution in [0.3, 0.4) is 0 Å². The van der Waals surface area contributed by atoms with Crippen LogP contribution < -0.4 is 0 Å². The minimum atomic E-state index is 0.116. The highest BCUT2D eigenvalue weighted by molar-refractivity contribution is 7.20. The van der Waals surface area contributed by atoms with Gasteiger partial charge >= 0.3 is 0 Å². The number of aliphatic hydroxyl groups is 1. The first-order valence-corrected chi connectivity index (χ1v) is 5.93. The number of thiophene rings is 2. The van der Waals surface area contributed by atoms with E-state index in [0.717, 1.165) is 14.4 Å². The summed E-state index contributed by atoms with van der Waals surface area (Å²) in [6.07, 6.45) is 1.89. The number of pyridine rings is 1. The molecule has 1 N–H and O–H groups in total. The summed E-state index contributed by atoms with van der Waals surface area (Å²) in [6.45, 7) is 0.116. The van der Waals surface area contributed by atoms with E-state index in [1.54, 1.807) is 22.7 Å². The van der Waals surface area contributed by atoms with Crippen LogP contribution in [-0.4, -0.2) is 10.1 Å². The van der Waals surface area contributed by atoms with Crippen LogP contribution in [0.15, 0.2) is 23.7 Å². The number of aliphatic hydroxyl groups excluding tert-OH is 1. The molecule has 3 rings (SSSR count). The van der Waals surface area contributed by atoms with Gasteiger partial charge in [-0.3, -0.25) is 0 Å². The summed E-state index contributed by atoms with van der Waals surface area (Å²) in [5, 5.41) is 13.5. The Morgan fingerprint density at radius 2 is 2.29 bits per heavy atom. The Kier molecular flexibility index (Phi) is 1.80. The van der Waals surface area contributed by atoms with E-state index < -0.39 is 0 Å². The van der Waals surface area contributed by atoms with Crippen molar-refractivity contribution in [2.45, 2.75) is 6.61 Å². The maximum absolute atomic E-state index is 9.05. The summed E-state index contributed by atoms with van der Waals surface area (Å²) in [5.41, 5.74) is 0. The van der Waals surface area contributed by atoms with Crippen LogP contribution in [0.25, 0.3) is 20.3 Å². The lowest BCUT2D eigenvalue weighted by atomic mass is 10.2. The van der Waals surface area contributed by atoms with Crippen molar-refractivity contribution in [1.82, 2.24) is 4.98 Å². The van der Waals surface area contributed by atoms with Gasteiger partial charge in [0.25, 0.3) is 0 Å². The molecular formula is C10H7NOS2. The molecule has 0 bridgehead atoms. The van der Waals surface area contributed by atoms with Crippen molar-refractivity contribution in [2.75, 3.05) is 0 Å². The Balaban J connectivity index is 2.49. The Hall–Kier alpha value is -0.970. The highest BCUT2D eigenvalue weighted by atomic mass is 32.1. The molecule has 0 amide bonds. The van der Waals surface area contributed by atoms with Crippen LogP contribution in [0.1, 0.15) is 4.88 Å². The minimum absolute atomic E-state index is 0.116. The molecule has 0 spiro atoms. The first-order valence-electron chi connectivity index (χ1n) is 4.24. The van der Waals surface area contributed by atoms with E-state index in [1.807, 2.05) is 11.6 Å². The number of fused-ring (bicyclic) bond motifs is 3. The summed E-state index contributed by atoms with van der Waals surface area (Å²) in [5.74, 6) is 0. The summed E-state index contributed by atoms with van der Waals surface area (Å²) < 4.78 is 1.15. The average molecular weight is 221 g/mol. The van der Waals surface area contributed by atoms with Gasteiger partial charge in [-0.2, -0.15) is 0 Å². The van der Waals surface area contributed by atoms with Gasteiger partial charge in [0.2, 0.25) is 0 Å². The van der Waals surface area contributed by atoms with Gasteiger partial charge in [-0.1, -0.05) is 0 Å². The summed E-state index contributed by atoms with van der Waals surface area (Å²) in [4.78, 5) is 6.43. The minimum Gasteiger partial charge on any atom is -0.391 e. The Labute approximate surface area is 88.5 Å². The van der Waals surface area contributed by atoms with Crippen molar-refractivity contribution in [3.63, 3.8) is 0 Å². The predicted octanol–water partition coefficient (Wildman–Crippen LogP) is 3.00. The van der Waals surface area contributed by atoms with Gasteiger partial charge in [0.1, 0.15) is 4.83 Å². The quantitative estimate of drug-likeness (QED) is 0.685. The fourth-order valence-electron chi connectivity index (χ4n) is 1.57. The van der Waals surface area contributed by atoms with Crippen LogP contribution in [0, 0.1) is 0 Å². The van der Waals surface area contributed by atoms with E-state index in [4.69, 9.17) is 5.11 Å². The molecule has 70 valence electrons. The predicted molar refractivity (Wildman–Crippen MR) is 60.9 cm³/mol. The molecule has 0 aliphatic rings. The van der Waals surface area contributed by atoms with E-state index >= 15 is 0 Å². The third-order valence-corrected chi connectivity index (χ3v) is 4.08. The maximum Gasteiger partial charge on any atom is 0.123 e. The van der Waals surface area contributed by atoms with Gasteiger partial charge in [-0.05, 0) is 17.5 Å². The molecule has 0 fully saturated rings. The highest BCUT2D eigenvalue weighted by Crippen LogP contribution is 2.32. The summed E-state index contributed by atoms with van der Waals surface area (Å²) in [6, 6.07) is 4.14. The Morgan fingerprint density at radius 1 is 1.36 bits per heavy atom. The molecule has 14 heavy (non-hydrogen) atoms. The lowest BCUT2D eigenvalue weighted by Gasteiger charge is -1.89. The smallest absolute Gasteiger partial charge is 0.123 e. The van der Waals surface area contributed by atoms with Crippen molar-refractivity contribution >= 4 is 43.0 Å². The molecule has 3 aromatic heterocycles. The molecule has 2 nitrogen and oxygen atoms in total. The molecule has 4 heteroatoms. The van der Waals surface area contributed by atoms with E-state index in [9.17, 15) is 0 Å². The van der Waals surface area contributed by atoms with E-state index in [1.165, 1.54) is 10.8 Å². The Morgan fingerprint density at radius 3 is 3.14 bits per heavy atom. The number of rotatable bonds is 1. The largest absolute Gasteiger partial charge is 0.391 e. The first kappa shape index (κ1) is 8.35. The zero-order valence-electron chi connectivity index (χ0n) is 7.23. The normalized spacial score (nSPS) is 11.5. The molecule has 0 radical (unpaired) electrons. The zero-order valence-corrected chi connectivity index (χ0v) is 8.86. The van der Waals surface area contributed by atoms with Gasteiger partial charge in [0, 0.05) is 21.8 Å². The number of hydrogen-bond acceptors (Lipinski definition) is 4. The van der Waals surface area contributed by atoms with E-state index in [0.29, 0.717) is 0 Å². The van der Waals surface area contributed by atoms with Crippen molar-refractivity contribution in [1.29, 1.82) is 0 Å². The second-order valence-corrected chi connectivity index (χ2v) is 5.11. The summed E-state index contributed by atoms with van der Waals surface area (Å²) in [7, 11) is 0. The van der Waals surface area contributed by atoms with Gasteiger partial charge in [0.05, 0.1) is 11.3 Å². The zero-order chi connectivity index (χ0) is 9.54. The van der Waals surface area contributed by atoms with Gasteiger partial charge < -0.3 is 5.11 Å². The van der Waals surface area contributed by atoms with Crippen LogP contribution in [0.4, 0.5) is 0 Å². The molecule has 0 unspecified atom stereocenters. The lowest BCUT2D eigenvalue weighted by Crippen LogP contribution is -1.71. The summed E-state index contributed by atoms with van der Waals surface area (Å²) >= 11 is 3.26. The third kappa shape index (κ3) is 1.08. The standard InChI is InChI=1S/C10H7NOS2/c12-5-6-3-8-7-1-2-13-10(7)11-4-9(8)14-6/h1-4,12H,5H2. The topological polar surface area (TPSA) is 33.1 Å². The van der Waals surface area contributed by atoms with Crippen LogP contribution >= 0.6 is 22.7 Å². The molecule has 0 saturated carbocycles. The second-order valence-electron chi connectivity index (χ2n) is 3.05. The number of aromatic nitrogens is 1. The lowest BCUT2D eigenvalue weighted by molar-refractivity contribution is 0.285. The van der Waals surface area contributed by atoms with Gasteiger partial charge in [-0.25, -0.2) is 4.98 Å². The SMILES string of the molecule is OCc1cc2c(cnc3sccc32)s1. The molecule has 0 aromatic carbocycles. The average Bonchev–Trinajstić information content (AvgIpc) is 2.82. The molecule has 0 saturated heterocycles. The third-order valence-electron chi connectivity index (χ3n) is 2.20.